The molecular weight excluding hydrogens is 282 g/mol. The van der Waals surface area contributed by atoms with Crippen molar-refractivity contribution in [1.82, 2.24) is 0 Å². The number of ether oxygens (including phenoxy) is 1. The van der Waals surface area contributed by atoms with E-state index in [9.17, 15) is 0 Å². The molecule has 0 amide bonds. The van der Waals surface area contributed by atoms with Gasteiger partial charge in [-0.2, -0.15) is 5.26 Å². The molecule has 118 valence electrons. The summed E-state index contributed by atoms with van der Waals surface area (Å²) in [6.45, 7) is 2.17. The standard InChI is InChI=1S/C21H23NO/c1-2-5-21(18-10-8-16(15-22)9-11-18)23-20-13-12-17-6-3-4-7-19(17)14-20/h8-14,21H,2-7H2,1H3. The van der Waals surface area contributed by atoms with Gasteiger partial charge in [-0.05, 0) is 73.1 Å². The van der Waals surface area contributed by atoms with Crippen LogP contribution in [0.5, 0.6) is 5.75 Å². The monoisotopic (exact) mass is 305 g/mol. The maximum absolute atomic E-state index is 8.94. The number of nitriles is 1. The third-order valence-electron chi connectivity index (χ3n) is 4.56. The van der Waals surface area contributed by atoms with Gasteiger partial charge >= 0.3 is 0 Å². The fourth-order valence-corrected chi connectivity index (χ4v) is 3.28. The first-order valence-electron chi connectivity index (χ1n) is 8.58. The second kappa shape index (κ2) is 7.33. The number of hydrogen-bond acceptors (Lipinski definition) is 2. The first kappa shape index (κ1) is 15.6. The maximum Gasteiger partial charge on any atom is 0.124 e. The molecule has 1 aliphatic carbocycles. The SMILES string of the molecule is CCCC(Oc1ccc2c(c1)CCCC2)c1ccc(C#N)cc1. The Morgan fingerprint density at radius 2 is 1.78 bits per heavy atom. The van der Waals surface area contributed by atoms with E-state index in [0.717, 1.165) is 24.2 Å². The molecule has 0 fully saturated rings. The number of rotatable bonds is 5. The van der Waals surface area contributed by atoms with Crippen LogP contribution in [-0.2, 0) is 12.8 Å². The number of aryl methyl sites for hydroxylation is 2. The van der Waals surface area contributed by atoms with Crippen LogP contribution in [0.25, 0.3) is 0 Å². The smallest absolute Gasteiger partial charge is 0.124 e. The minimum atomic E-state index is 0.0504. The zero-order valence-electron chi connectivity index (χ0n) is 13.7. The summed E-state index contributed by atoms with van der Waals surface area (Å²) in [5, 5.41) is 8.94. The molecule has 0 heterocycles. The molecule has 0 N–H and O–H groups in total. The van der Waals surface area contributed by atoms with Crippen molar-refractivity contribution in [2.24, 2.45) is 0 Å². The molecule has 1 atom stereocenters. The third kappa shape index (κ3) is 3.74. The number of hydrogen-bond donors (Lipinski definition) is 0. The van der Waals surface area contributed by atoms with Gasteiger partial charge < -0.3 is 4.74 Å². The summed E-state index contributed by atoms with van der Waals surface area (Å²) in [4.78, 5) is 0. The Morgan fingerprint density at radius 1 is 1.04 bits per heavy atom. The van der Waals surface area contributed by atoms with Gasteiger partial charge in [0.15, 0.2) is 0 Å². The van der Waals surface area contributed by atoms with E-state index in [1.807, 2.05) is 24.3 Å². The summed E-state index contributed by atoms with van der Waals surface area (Å²) in [5.41, 5.74) is 4.76. The van der Waals surface area contributed by atoms with E-state index in [0.29, 0.717) is 5.56 Å². The Balaban J connectivity index is 1.80. The zero-order chi connectivity index (χ0) is 16.1. The summed E-state index contributed by atoms with van der Waals surface area (Å²) in [5.74, 6) is 0.966. The highest BCUT2D eigenvalue weighted by Crippen LogP contribution is 2.30. The average Bonchev–Trinajstić information content (AvgIpc) is 2.61. The lowest BCUT2D eigenvalue weighted by atomic mass is 9.92. The summed E-state index contributed by atoms with van der Waals surface area (Å²) < 4.78 is 6.30. The largest absolute Gasteiger partial charge is 0.486 e. The van der Waals surface area contributed by atoms with Gasteiger partial charge in [0.2, 0.25) is 0 Å². The minimum absolute atomic E-state index is 0.0504. The summed E-state index contributed by atoms with van der Waals surface area (Å²) in [6, 6.07) is 16.5. The molecule has 2 aromatic carbocycles. The lowest BCUT2D eigenvalue weighted by molar-refractivity contribution is 0.193. The lowest BCUT2D eigenvalue weighted by Gasteiger charge is -2.22. The molecule has 1 unspecified atom stereocenters. The molecular formula is C21H23NO. The van der Waals surface area contributed by atoms with Crippen molar-refractivity contribution in [2.75, 3.05) is 0 Å². The van der Waals surface area contributed by atoms with E-state index in [2.05, 4.69) is 31.2 Å². The van der Waals surface area contributed by atoms with Crippen LogP contribution in [0, 0.1) is 11.3 Å². The van der Waals surface area contributed by atoms with E-state index in [-0.39, 0.29) is 6.10 Å². The normalized spacial score (nSPS) is 14.6. The number of benzene rings is 2. The van der Waals surface area contributed by atoms with Crippen molar-refractivity contribution in [1.29, 1.82) is 5.26 Å². The van der Waals surface area contributed by atoms with Gasteiger partial charge in [-0.3, -0.25) is 0 Å². The molecule has 0 spiro atoms. The van der Waals surface area contributed by atoms with E-state index in [4.69, 9.17) is 10.00 Å². The van der Waals surface area contributed by atoms with Crippen LogP contribution in [0.4, 0.5) is 0 Å². The maximum atomic E-state index is 8.94. The molecule has 2 heteroatoms. The first-order chi connectivity index (χ1) is 11.3. The highest BCUT2D eigenvalue weighted by molar-refractivity contribution is 5.38. The van der Waals surface area contributed by atoms with Crippen LogP contribution >= 0.6 is 0 Å². The molecule has 0 saturated heterocycles. The van der Waals surface area contributed by atoms with Crippen LogP contribution in [-0.4, -0.2) is 0 Å². The second-order valence-electron chi connectivity index (χ2n) is 6.27. The fraction of sp³-hybridized carbons (Fsp3) is 0.381. The average molecular weight is 305 g/mol. The molecule has 2 nitrogen and oxygen atoms in total. The minimum Gasteiger partial charge on any atom is -0.486 e. The summed E-state index contributed by atoms with van der Waals surface area (Å²) >= 11 is 0. The fourth-order valence-electron chi connectivity index (χ4n) is 3.28. The topological polar surface area (TPSA) is 33.0 Å². The summed E-state index contributed by atoms with van der Waals surface area (Å²) in [6.07, 6.45) is 7.04. The van der Waals surface area contributed by atoms with E-state index >= 15 is 0 Å². The van der Waals surface area contributed by atoms with Crippen molar-refractivity contribution < 1.29 is 4.74 Å². The van der Waals surface area contributed by atoms with E-state index < -0.39 is 0 Å². The van der Waals surface area contributed by atoms with Crippen molar-refractivity contribution in [3.8, 4) is 11.8 Å². The predicted molar refractivity (Wildman–Crippen MR) is 92.5 cm³/mol. The van der Waals surface area contributed by atoms with Crippen LogP contribution in [0.1, 0.15) is 61.0 Å². The zero-order valence-corrected chi connectivity index (χ0v) is 13.7. The Bertz CT molecular complexity index is 697. The molecule has 0 aromatic heterocycles. The molecule has 0 bridgehead atoms. The van der Waals surface area contributed by atoms with Crippen LogP contribution in [0.15, 0.2) is 42.5 Å². The Labute approximate surface area is 138 Å². The van der Waals surface area contributed by atoms with Gasteiger partial charge in [0.25, 0.3) is 0 Å². The van der Waals surface area contributed by atoms with Gasteiger partial charge in [0.05, 0.1) is 11.6 Å². The first-order valence-corrected chi connectivity index (χ1v) is 8.58. The lowest BCUT2D eigenvalue weighted by Crippen LogP contribution is -2.09. The van der Waals surface area contributed by atoms with Crippen molar-refractivity contribution in [3.63, 3.8) is 0 Å². The number of fused-ring (bicyclic) bond motifs is 1. The molecule has 0 saturated carbocycles. The highest BCUT2D eigenvalue weighted by atomic mass is 16.5. The van der Waals surface area contributed by atoms with Crippen molar-refractivity contribution in [2.45, 2.75) is 51.6 Å². The molecule has 2 aromatic rings. The summed E-state index contributed by atoms with van der Waals surface area (Å²) in [7, 11) is 0. The van der Waals surface area contributed by atoms with Gasteiger partial charge in [-0.1, -0.05) is 31.5 Å². The molecule has 23 heavy (non-hydrogen) atoms. The van der Waals surface area contributed by atoms with Crippen LogP contribution in [0.2, 0.25) is 0 Å². The van der Waals surface area contributed by atoms with Gasteiger partial charge in [0, 0.05) is 0 Å². The quantitative estimate of drug-likeness (QED) is 0.745. The second-order valence-corrected chi connectivity index (χ2v) is 6.27. The van der Waals surface area contributed by atoms with Gasteiger partial charge in [-0.15, -0.1) is 0 Å². The molecule has 1 aliphatic rings. The van der Waals surface area contributed by atoms with Crippen LogP contribution in [0.3, 0.4) is 0 Å². The Morgan fingerprint density at radius 3 is 2.48 bits per heavy atom. The van der Waals surface area contributed by atoms with Gasteiger partial charge in [0.1, 0.15) is 11.9 Å². The van der Waals surface area contributed by atoms with Crippen molar-refractivity contribution in [3.05, 3.63) is 64.7 Å². The van der Waals surface area contributed by atoms with E-state index in [1.165, 1.54) is 36.8 Å². The Kier molecular flexibility index (Phi) is 4.98. The van der Waals surface area contributed by atoms with Gasteiger partial charge in [-0.25, -0.2) is 0 Å². The highest BCUT2D eigenvalue weighted by Gasteiger charge is 2.15. The molecule has 3 rings (SSSR count). The molecule has 0 aliphatic heterocycles. The Hall–Kier alpha value is -2.27. The van der Waals surface area contributed by atoms with Crippen LogP contribution < -0.4 is 4.74 Å². The number of nitrogens with zero attached hydrogens (tertiary/aromatic N) is 1. The third-order valence-corrected chi connectivity index (χ3v) is 4.56. The van der Waals surface area contributed by atoms with Crippen molar-refractivity contribution >= 4 is 0 Å². The molecule has 0 radical (unpaired) electrons. The van der Waals surface area contributed by atoms with E-state index in [1.54, 1.807) is 0 Å². The predicted octanol–water partition coefficient (Wildman–Crippen LogP) is 5.36.